The Morgan fingerprint density at radius 2 is 2.11 bits per heavy atom. The van der Waals surface area contributed by atoms with E-state index in [4.69, 9.17) is 5.73 Å². The van der Waals surface area contributed by atoms with E-state index in [2.05, 4.69) is 25.1 Å². The van der Waals surface area contributed by atoms with Gasteiger partial charge >= 0.3 is 0 Å². The minimum absolute atomic E-state index is 0. The van der Waals surface area contributed by atoms with Gasteiger partial charge in [-0.3, -0.25) is 4.79 Å². The standard InChI is InChI=1S/C19H26N6OS.HI/c1-2-6-21-17(26)16-5-3-4-15(13-16)14-23-18(20)24-8-10-25(11-9-24)19-22-7-12-27-19;/h3-5,7,12-13H,2,6,8-11,14H2,1H3,(H2,20,23)(H,21,26);1H. The van der Waals surface area contributed by atoms with Crippen molar-refractivity contribution in [1.82, 2.24) is 15.2 Å². The van der Waals surface area contributed by atoms with Gasteiger partial charge in [0.15, 0.2) is 11.1 Å². The molecule has 7 nitrogen and oxygen atoms in total. The van der Waals surface area contributed by atoms with E-state index in [-0.39, 0.29) is 29.9 Å². The van der Waals surface area contributed by atoms with Crippen LogP contribution >= 0.6 is 35.3 Å². The maximum absolute atomic E-state index is 12.1. The second-order valence-electron chi connectivity index (χ2n) is 6.42. The normalized spacial score (nSPS) is 14.5. The van der Waals surface area contributed by atoms with Gasteiger partial charge in [0, 0.05) is 49.9 Å². The number of aromatic nitrogens is 1. The van der Waals surface area contributed by atoms with Gasteiger partial charge in [-0.05, 0) is 24.1 Å². The van der Waals surface area contributed by atoms with E-state index >= 15 is 0 Å². The molecule has 0 saturated carbocycles. The Morgan fingerprint density at radius 1 is 1.32 bits per heavy atom. The molecule has 28 heavy (non-hydrogen) atoms. The fraction of sp³-hybridized carbons (Fsp3) is 0.421. The first-order valence-corrected chi connectivity index (χ1v) is 10.1. The van der Waals surface area contributed by atoms with E-state index in [1.807, 2.05) is 42.8 Å². The van der Waals surface area contributed by atoms with E-state index in [1.165, 1.54) is 0 Å². The molecule has 1 aromatic heterocycles. The predicted molar refractivity (Wildman–Crippen MR) is 126 cm³/mol. The van der Waals surface area contributed by atoms with Crippen molar-refractivity contribution in [3.63, 3.8) is 0 Å². The van der Waals surface area contributed by atoms with E-state index in [1.54, 1.807) is 11.3 Å². The maximum atomic E-state index is 12.1. The Labute approximate surface area is 187 Å². The summed E-state index contributed by atoms with van der Waals surface area (Å²) in [4.78, 5) is 25.3. The number of halogens is 1. The number of nitrogens with one attached hydrogen (secondary N) is 1. The largest absolute Gasteiger partial charge is 0.370 e. The number of hydrogen-bond donors (Lipinski definition) is 2. The quantitative estimate of drug-likeness (QED) is 0.352. The third-order valence-electron chi connectivity index (χ3n) is 4.44. The first-order valence-electron chi connectivity index (χ1n) is 9.24. The lowest BCUT2D eigenvalue weighted by Gasteiger charge is -2.35. The molecule has 1 fully saturated rings. The van der Waals surface area contributed by atoms with Crippen molar-refractivity contribution in [2.45, 2.75) is 19.9 Å². The number of carbonyl (C=O) groups is 1. The van der Waals surface area contributed by atoms with Crippen LogP contribution in [0.1, 0.15) is 29.3 Å². The van der Waals surface area contributed by atoms with Crippen molar-refractivity contribution in [2.24, 2.45) is 10.7 Å². The van der Waals surface area contributed by atoms with E-state index in [0.717, 1.165) is 43.3 Å². The average molecular weight is 514 g/mol. The Bertz CT molecular complexity index is 774. The lowest BCUT2D eigenvalue weighted by atomic mass is 10.1. The SMILES string of the molecule is CCCNC(=O)c1cccc(CN=C(N)N2CCN(c3nccs3)CC2)c1.I. The third-order valence-corrected chi connectivity index (χ3v) is 5.27. The number of benzene rings is 1. The Balaban J connectivity index is 0.00000280. The summed E-state index contributed by atoms with van der Waals surface area (Å²) < 4.78 is 0. The van der Waals surface area contributed by atoms with Crippen molar-refractivity contribution in [1.29, 1.82) is 0 Å². The highest BCUT2D eigenvalue weighted by molar-refractivity contribution is 14.0. The molecule has 1 aromatic carbocycles. The molecule has 2 heterocycles. The van der Waals surface area contributed by atoms with Crippen molar-refractivity contribution in [3.8, 4) is 0 Å². The maximum Gasteiger partial charge on any atom is 0.251 e. The average Bonchev–Trinajstić information content (AvgIpc) is 3.25. The molecule has 0 atom stereocenters. The summed E-state index contributed by atoms with van der Waals surface area (Å²) in [7, 11) is 0. The molecular weight excluding hydrogens is 487 g/mol. The number of aliphatic imine (C=N–C) groups is 1. The summed E-state index contributed by atoms with van der Waals surface area (Å²) in [6.07, 6.45) is 2.75. The molecule has 0 aliphatic carbocycles. The molecule has 9 heteroatoms. The van der Waals surface area contributed by atoms with E-state index < -0.39 is 0 Å². The van der Waals surface area contributed by atoms with Crippen LogP contribution < -0.4 is 16.0 Å². The molecule has 0 unspecified atom stereocenters. The Morgan fingerprint density at radius 3 is 2.79 bits per heavy atom. The number of guanidine groups is 1. The van der Waals surface area contributed by atoms with Crippen molar-refractivity contribution in [3.05, 3.63) is 47.0 Å². The predicted octanol–water partition coefficient (Wildman–Crippen LogP) is 2.54. The molecule has 1 amide bonds. The zero-order chi connectivity index (χ0) is 19.1. The fourth-order valence-electron chi connectivity index (χ4n) is 2.92. The van der Waals surface area contributed by atoms with Gasteiger partial charge in [0.25, 0.3) is 5.91 Å². The minimum atomic E-state index is -0.0473. The number of nitrogens with two attached hydrogens (primary N) is 1. The number of rotatable bonds is 6. The summed E-state index contributed by atoms with van der Waals surface area (Å²) >= 11 is 1.66. The summed E-state index contributed by atoms with van der Waals surface area (Å²) in [5, 5.41) is 5.94. The second-order valence-corrected chi connectivity index (χ2v) is 7.29. The molecule has 3 N–H and O–H groups in total. The lowest BCUT2D eigenvalue weighted by molar-refractivity contribution is 0.0953. The van der Waals surface area contributed by atoms with Gasteiger partial charge in [0.05, 0.1) is 6.54 Å². The number of amides is 1. The van der Waals surface area contributed by atoms with Gasteiger partial charge in [0.2, 0.25) is 0 Å². The van der Waals surface area contributed by atoms with Gasteiger partial charge in [-0.1, -0.05) is 19.1 Å². The molecule has 2 aromatic rings. The second kappa shape index (κ2) is 11.2. The third kappa shape index (κ3) is 6.06. The Hall–Kier alpha value is -1.88. The molecule has 0 radical (unpaired) electrons. The summed E-state index contributed by atoms with van der Waals surface area (Å²) in [6, 6.07) is 7.55. The first-order chi connectivity index (χ1) is 13.2. The van der Waals surface area contributed by atoms with Gasteiger partial charge in [0.1, 0.15) is 0 Å². The highest BCUT2D eigenvalue weighted by Gasteiger charge is 2.19. The fourth-order valence-corrected chi connectivity index (χ4v) is 3.62. The monoisotopic (exact) mass is 514 g/mol. The lowest BCUT2D eigenvalue weighted by Crippen LogP contribution is -2.51. The number of hydrogen-bond acceptors (Lipinski definition) is 5. The van der Waals surface area contributed by atoms with Crippen LogP contribution in [0.15, 0.2) is 40.8 Å². The number of anilines is 1. The molecule has 3 rings (SSSR count). The van der Waals surface area contributed by atoms with Crippen molar-refractivity contribution in [2.75, 3.05) is 37.6 Å². The topological polar surface area (TPSA) is 86.8 Å². The molecule has 0 spiro atoms. The zero-order valence-electron chi connectivity index (χ0n) is 16.0. The molecule has 1 aliphatic rings. The molecule has 0 bridgehead atoms. The van der Waals surface area contributed by atoms with Crippen LogP contribution in [-0.4, -0.2) is 54.5 Å². The van der Waals surface area contributed by atoms with Crippen LogP contribution in [0.5, 0.6) is 0 Å². The highest BCUT2D eigenvalue weighted by atomic mass is 127. The minimum Gasteiger partial charge on any atom is -0.370 e. The van der Waals surface area contributed by atoms with Gasteiger partial charge in [-0.25, -0.2) is 9.98 Å². The van der Waals surface area contributed by atoms with Crippen LogP contribution in [0.25, 0.3) is 0 Å². The van der Waals surface area contributed by atoms with E-state index in [9.17, 15) is 4.79 Å². The van der Waals surface area contributed by atoms with Crippen LogP contribution in [-0.2, 0) is 6.54 Å². The number of nitrogens with zero attached hydrogens (tertiary/aromatic N) is 4. The number of thiazole rings is 1. The first kappa shape index (κ1) is 22.4. The smallest absolute Gasteiger partial charge is 0.251 e. The van der Waals surface area contributed by atoms with Crippen LogP contribution in [0.4, 0.5) is 5.13 Å². The van der Waals surface area contributed by atoms with Gasteiger partial charge in [-0.2, -0.15) is 0 Å². The zero-order valence-corrected chi connectivity index (χ0v) is 19.2. The number of piperazine rings is 1. The molecule has 1 aliphatic heterocycles. The molecule has 152 valence electrons. The van der Waals surface area contributed by atoms with Crippen molar-refractivity contribution >= 4 is 52.3 Å². The van der Waals surface area contributed by atoms with Crippen LogP contribution in [0, 0.1) is 0 Å². The molecule has 1 saturated heterocycles. The van der Waals surface area contributed by atoms with Crippen LogP contribution in [0.3, 0.4) is 0 Å². The van der Waals surface area contributed by atoms with Gasteiger partial charge in [-0.15, -0.1) is 35.3 Å². The van der Waals surface area contributed by atoms with Gasteiger partial charge < -0.3 is 20.9 Å². The molecular formula is C19H27IN6OS. The summed E-state index contributed by atoms with van der Waals surface area (Å²) in [5.41, 5.74) is 7.82. The van der Waals surface area contributed by atoms with Crippen LogP contribution in [0.2, 0.25) is 0 Å². The summed E-state index contributed by atoms with van der Waals surface area (Å²) in [6.45, 7) is 6.61. The van der Waals surface area contributed by atoms with Crippen molar-refractivity contribution < 1.29 is 4.79 Å². The van der Waals surface area contributed by atoms with E-state index in [0.29, 0.717) is 24.6 Å². The summed E-state index contributed by atoms with van der Waals surface area (Å²) in [5.74, 6) is 0.503. The Kier molecular flexibility index (Phi) is 8.97. The highest BCUT2D eigenvalue weighted by Crippen LogP contribution is 2.18. The number of carbonyl (C=O) groups excluding carboxylic acids is 1.